The van der Waals surface area contributed by atoms with Crippen LogP contribution in [0.15, 0.2) is 36.5 Å². The van der Waals surface area contributed by atoms with Crippen molar-refractivity contribution < 1.29 is 18.0 Å². The van der Waals surface area contributed by atoms with Gasteiger partial charge in [0.25, 0.3) is 0 Å². The molecule has 1 unspecified atom stereocenters. The molecular weight excluding hydrogens is 343 g/mol. The van der Waals surface area contributed by atoms with Crippen molar-refractivity contribution in [3.8, 4) is 0 Å². The zero-order valence-corrected chi connectivity index (χ0v) is 13.3. The normalized spacial score (nSPS) is 19.0. The molecule has 1 aliphatic heterocycles. The molecule has 2 N–H and O–H groups in total. The molecule has 0 saturated heterocycles. The van der Waals surface area contributed by atoms with Crippen molar-refractivity contribution in [3.63, 3.8) is 0 Å². The maximum Gasteiger partial charge on any atom is 0.404 e. The van der Waals surface area contributed by atoms with Gasteiger partial charge in [-0.2, -0.15) is 13.2 Å². The van der Waals surface area contributed by atoms with Crippen LogP contribution in [0.3, 0.4) is 0 Å². The fourth-order valence-electron chi connectivity index (χ4n) is 2.95. The summed E-state index contributed by atoms with van der Waals surface area (Å²) in [5.74, 6) is -0.443. The molecule has 3 rings (SSSR count). The van der Waals surface area contributed by atoms with Crippen molar-refractivity contribution >= 4 is 29.0 Å². The van der Waals surface area contributed by atoms with Crippen LogP contribution in [0, 0.1) is 0 Å². The number of alkyl halides is 3. The Hall–Kier alpha value is -2.28. The lowest BCUT2D eigenvalue weighted by atomic mass is 9.71. The first-order valence-electron chi connectivity index (χ1n) is 7.09. The van der Waals surface area contributed by atoms with Crippen LogP contribution in [-0.4, -0.2) is 23.6 Å². The van der Waals surface area contributed by atoms with Crippen molar-refractivity contribution in [1.82, 2.24) is 10.3 Å². The van der Waals surface area contributed by atoms with E-state index in [-0.39, 0.29) is 27.7 Å². The summed E-state index contributed by atoms with van der Waals surface area (Å²) in [6, 6.07) is 7.04. The molecule has 2 aromatic rings. The van der Waals surface area contributed by atoms with Gasteiger partial charge >= 0.3 is 6.18 Å². The second kappa shape index (κ2) is 5.66. The molecule has 0 spiro atoms. The summed E-state index contributed by atoms with van der Waals surface area (Å²) in [6.45, 7) is 0.535. The number of anilines is 2. The van der Waals surface area contributed by atoms with E-state index in [1.165, 1.54) is 43.5 Å². The zero-order valence-electron chi connectivity index (χ0n) is 12.5. The molecule has 8 heteroatoms. The third-order valence-electron chi connectivity index (χ3n) is 4.05. The smallest absolute Gasteiger partial charge is 0.355 e. The van der Waals surface area contributed by atoms with Gasteiger partial charge in [0.15, 0.2) is 0 Å². The molecule has 126 valence electrons. The van der Waals surface area contributed by atoms with E-state index in [2.05, 4.69) is 15.6 Å². The predicted octanol–water partition coefficient (Wildman–Crippen LogP) is 3.78. The van der Waals surface area contributed by atoms with E-state index in [1.54, 1.807) is 0 Å². The highest BCUT2D eigenvalue weighted by atomic mass is 35.5. The number of nitrogens with one attached hydrogen (secondary N) is 2. The Morgan fingerprint density at radius 3 is 2.75 bits per heavy atom. The summed E-state index contributed by atoms with van der Waals surface area (Å²) in [4.78, 5) is 15.3. The predicted molar refractivity (Wildman–Crippen MR) is 84.5 cm³/mol. The molecule has 0 bridgehead atoms. The van der Waals surface area contributed by atoms with Crippen LogP contribution in [0.25, 0.3) is 0 Å². The number of carbonyl (C=O) groups is 1. The van der Waals surface area contributed by atoms with E-state index in [4.69, 9.17) is 11.6 Å². The highest BCUT2D eigenvalue weighted by molar-refractivity contribution is 6.30. The van der Waals surface area contributed by atoms with Gasteiger partial charge in [0.05, 0.1) is 0 Å². The standard InChI is InChI=1S/C16H13ClF3N3O/c1-9(24)22-8-15(16(18,19)20)11-3-2-6-21-14(11)23-13-5-4-10(17)7-12(13)15/h2-7H,8H2,1H3,(H,21,23)(H,22,24). The van der Waals surface area contributed by atoms with Gasteiger partial charge in [-0.3, -0.25) is 4.79 Å². The van der Waals surface area contributed by atoms with Crippen molar-refractivity contribution in [2.75, 3.05) is 11.9 Å². The summed E-state index contributed by atoms with van der Waals surface area (Å²) in [5, 5.41) is 5.39. The minimum Gasteiger partial charge on any atom is -0.355 e. The molecule has 4 nitrogen and oxygen atoms in total. The lowest BCUT2D eigenvalue weighted by Gasteiger charge is -2.41. The van der Waals surface area contributed by atoms with E-state index in [0.29, 0.717) is 0 Å². The monoisotopic (exact) mass is 355 g/mol. The molecule has 0 aliphatic carbocycles. The van der Waals surface area contributed by atoms with Gasteiger partial charge in [0, 0.05) is 35.9 Å². The van der Waals surface area contributed by atoms with E-state index in [9.17, 15) is 18.0 Å². The summed E-state index contributed by atoms with van der Waals surface area (Å²) in [5.41, 5.74) is -2.28. The molecular formula is C16H13ClF3N3O. The Labute approximate surface area is 141 Å². The SMILES string of the molecule is CC(=O)NCC1(C(F)(F)F)c2cc(Cl)ccc2Nc2ncccc21. The first-order valence-corrected chi connectivity index (χ1v) is 7.47. The molecule has 0 radical (unpaired) electrons. The Morgan fingerprint density at radius 2 is 2.08 bits per heavy atom. The Morgan fingerprint density at radius 1 is 1.33 bits per heavy atom. The number of nitrogens with zero attached hydrogens (tertiary/aromatic N) is 1. The Bertz CT molecular complexity index is 809. The number of carbonyl (C=O) groups excluding carboxylic acids is 1. The average Bonchev–Trinajstić information content (AvgIpc) is 2.50. The lowest BCUT2D eigenvalue weighted by molar-refractivity contribution is -0.177. The minimum absolute atomic E-state index is 0.0447. The summed E-state index contributed by atoms with van der Waals surface area (Å²) in [6.07, 6.45) is -3.26. The fraction of sp³-hybridized carbons (Fsp3) is 0.250. The number of benzene rings is 1. The topological polar surface area (TPSA) is 54.0 Å². The first-order chi connectivity index (χ1) is 11.3. The molecule has 1 aromatic heterocycles. The highest BCUT2D eigenvalue weighted by Gasteiger charge is 2.60. The molecule has 1 aromatic carbocycles. The molecule has 24 heavy (non-hydrogen) atoms. The number of pyridine rings is 1. The van der Waals surface area contributed by atoms with E-state index in [1.807, 2.05) is 0 Å². The summed E-state index contributed by atoms with van der Waals surface area (Å²) >= 11 is 5.95. The third-order valence-corrected chi connectivity index (χ3v) is 4.28. The number of amides is 1. The van der Waals surface area contributed by atoms with Crippen LogP contribution < -0.4 is 10.6 Å². The molecule has 2 heterocycles. The van der Waals surface area contributed by atoms with Gasteiger partial charge in [-0.25, -0.2) is 4.98 Å². The minimum atomic E-state index is -4.67. The van der Waals surface area contributed by atoms with Crippen molar-refractivity contribution in [2.45, 2.75) is 18.5 Å². The highest BCUT2D eigenvalue weighted by Crippen LogP contribution is 2.53. The molecule has 1 aliphatic rings. The second-order valence-electron chi connectivity index (χ2n) is 5.53. The lowest BCUT2D eigenvalue weighted by Crippen LogP contribution is -2.53. The van der Waals surface area contributed by atoms with Crippen molar-refractivity contribution in [2.24, 2.45) is 0 Å². The quantitative estimate of drug-likeness (QED) is 0.862. The largest absolute Gasteiger partial charge is 0.404 e. The summed E-state index contributed by atoms with van der Waals surface area (Å²) < 4.78 is 42.9. The fourth-order valence-corrected chi connectivity index (χ4v) is 3.13. The van der Waals surface area contributed by atoms with Crippen molar-refractivity contribution in [1.29, 1.82) is 0 Å². The zero-order chi connectivity index (χ0) is 17.5. The van der Waals surface area contributed by atoms with Gasteiger partial charge in [-0.05, 0) is 29.8 Å². The molecule has 0 fully saturated rings. The summed E-state index contributed by atoms with van der Waals surface area (Å²) in [7, 11) is 0. The van der Waals surface area contributed by atoms with Crippen LogP contribution >= 0.6 is 11.6 Å². The maximum absolute atomic E-state index is 14.3. The molecule has 1 atom stereocenters. The van der Waals surface area contributed by atoms with Gasteiger partial charge in [0.2, 0.25) is 5.91 Å². The number of aromatic nitrogens is 1. The van der Waals surface area contributed by atoms with Gasteiger partial charge < -0.3 is 10.6 Å². The number of hydrogen-bond acceptors (Lipinski definition) is 3. The van der Waals surface area contributed by atoms with Gasteiger partial charge in [-0.15, -0.1) is 0 Å². The number of fused-ring (bicyclic) bond motifs is 2. The number of hydrogen-bond donors (Lipinski definition) is 2. The van der Waals surface area contributed by atoms with Gasteiger partial charge in [0.1, 0.15) is 11.2 Å². The number of halogens is 4. The van der Waals surface area contributed by atoms with Crippen LogP contribution in [0.5, 0.6) is 0 Å². The second-order valence-corrected chi connectivity index (χ2v) is 5.96. The number of rotatable bonds is 2. The van der Waals surface area contributed by atoms with Crippen LogP contribution in [0.1, 0.15) is 18.1 Å². The van der Waals surface area contributed by atoms with Crippen LogP contribution in [-0.2, 0) is 10.2 Å². The van der Waals surface area contributed by atoms with Crippen molar-refractivity contribution in [3.05, 3.63) is 52.7 Å². The Balaban J connectivity index is 2.33. The van der Waals surface area contributed by atoms with E-state index < -0.39 is 24.0 Å². The van der Waals surface area contributed by atoms with E-state index in [0.717, 1.165) is 0 Å². The van der Waals surface area contributed by atoms with E-state index >= 15 is 0 Å². The van der Waals surface area contributed by atoms with Crippen LogP contribution in [0.2, 0.25) is 5.02 Å². The third kappa shape index (κ3) is 2.49. The molecule has 0 saturated carbocycles. The van der Waals surface area contributed by atoms with Gasteiger partial charge in [-0.1, -0.05) is 17.7 Å². The Kier molecular flexibility index (Phi) is 3.91. The average molecular weight is 356 g/mol. The maximum atomic E-state index is 14.3. The first kappa shape index (κ1) is 16.6. The molecule has 1 amide bonds. The van der Waals surface area contributed by atoms with Crippen LogP contribution in [0.4, 0.5) is 24.7 Å².